The van der Waals surface area contributed by atoms with Crippen molar-refractivity contribution in [3.63, 3.8) is 0 Å². The summed E-state index contributed by atoms with van der Waals surface area (Å²) in [5.74, 6) is 0.0292. The number of non-ortho nitro benzene ring substituents is 1. The summed E-state index contributed by atoms with van der Waals surface area (Å²) < 4.78 is 5.80. The number of nitrogens with zero attached hydrogens (tertiary/aromatic N) is 2. The highest BCUT2D eigenvalue weighted by molar-refractivity contribution is 6.31. The molecule has 0 spiro atoms. The number of nitro benzene ring substituents is 1. The van der Waals surface area contributed by atoms with Crippen molar-refractivity contribution >= 4 is 35.0 Å². The van der Waals surface area contributed by atoms with Gasteiger partial charge in [0.2, 0.25) is 0 Å². The smallest absolute Gasteiger partial charge is 0.273 e. The number of benzene rings is 2. The summed E-state index contributed by atoms with van der Waals surface area (Å²) in [4.78, 5) is 22.4. The molecule has 132 valence electrons. The number of carbonyl (C=O) groups is 1. The molecular formula is C18H14ClN3O4. The van der Waals surface area contributed by atoms with Gasteiger partial charge in [0.05, 0.1) is 16.2 Å². The van der Waals surface area contributed by atoms with Gasteiger partial charge in [0, 0.05) is 28.3 Å². The number of amides is 1. The predicted molar refractivity (Wildman–Crippen MR) is 98.1 cm³/mol. The summed E-state index contributed by atoms with van der Waals surface area (Å²) in [6.07, 6.45) is 1.52. The van der Waals surface area contributed by atoms with Gasteiger partial charge in [0.15, 0.2) is 0 Å². The zero-order valence-electron chi connectivity index (χ0n) is 13.7. The molecule has 0 saturated heterocycles. The third-order valence-corrected chi connectivity index (χ3v) is 4.17. The van der Waals surface area contributed by atoms with Crippen LogP contribution in [0.4, 0.5) is 5.69 Å². The molecule has 0 saturated carbocycles. The van der Waals surface area contributed by atoms with E-state index >= 15 is 0 Å². The third-order valence-electron chi connectivity index (χ3n) is 3.80. The van der Waals surface area contributed by atoms with Crippen molar-refractivity contribution in [1.82, 2.24) is 5.43 Å². The van der Waals surface area contributed by atoms with Crippen LogP contribution in [0.1, 0.15) is 18.1 Å². The van der Waals surface area contributed by atoms with Gasteiger partial charge in [0.25, 0.3) is 11.6 Å². The van der Waals surface area contributed by atoms with Gasteiger partial charge in [-0.05, 0) is 25.1 Å². The van der Waals surface area contributed by atoms with Crippen LogP contribution in [0.25, 0.3) is 6.08 Å². The maximum absolute atomic E-state index is 11.9. The van der Waals surface area contributed by atoms with Crippen molar-refractivity contribution in [3.05, 3.63) is 74.3 Å². The number of carbonyl (C=O) groups excluding carboxylic acids is 1. The summed E-state index contributed by atoms with van der Waals surface area (Å²) in [6, 6.07) is 11.4. The first kappa shape index (κ1) is 17.6. The molecule has 1 N–H and O–H groups in total. The van der Waals surface area contributed by atoms with E-state index in [9.17, 15) is 14.9 Å². The predicted octanol–water partition coefficient (Wildman–Crippen LogP) is 3.72. The molecule has 8 heteroatoms. The van der Waals surface area contributed by atoms with Gasteiger partial charge in [-0.2, -0.15) is 5.10 Å². The molecule has 1 aliphatic rings. The Bertz CT molecular complexity index is 953. The molecule has 7 nitrogen and oxygen atoms in total. The van der Waals surface area contributed by atoms with Gasteiger partial charge < -0.3 is 4.74 Å². The number of hydrogen-bond donors (Lipinski definition) is 1. The normalized spacial score (nSPS) is 14.9. The molecular weight excluding hydrogens is 358 g/mol. The summed E-state index contributed by atoms with van der Waals surface area (Å²) in [6.45, 7) is 1.86. The van der Waals surface area contributed by atoms with Crippen molar-refractivity contribution < 1.29 is 14.5 Å². The molecule has 26 heavy (non-hydrogen) atoms. The van der Waals surface area contributed by atoms with Crippen LogP contribution >= 0.6 is 11.6 Å². The maximum Gasteiger partial charge on any atom is 0.273 e. The average Bonchev–Trinajstić information content (AvgIpc) is 2.93. The van der Waals surface area contributed by atoms with Gasteiger partial charge in [-0.3, -0.25) is 14.9 Å². The standard InChI is InChI=1S/C18H14ClN3O4/c1-11-15(18(23)21-20-11)9-13-8-14(22(24)25)6-7-17(13)26-10-12-4-2-3-5-16(12)19/h2-9H,10H2,1H3,(H,21,23)/b15-9+. The molecule has 0 atom stereocenters. The van der Waals surface area contributed by atoms with Gasteiger partial charge in [0.1, 0.15) is 12.4 Å². The van der Waals surface area contributed by atoms with E-state index < -0.39 is 4.92 Å². The van der Waals surface area contributed by atoms with E-state index in [0.29, 0.717) is 27.6 Å². The summed E-state index contributed by atoms with van der Waals surface area (Å²) >= 11 is 6.12. The van der Waals surface area contributed by atoms with Gasteiger partial charge in [-0.25, -0.2) is 5.43 Å². The van der Waals surface area contributed by atoms with Crippen molar-refractivity contribution in [2.45, 2.75) is 13.5 Å². The first-order chi connectivity index (χ1) is 12.5. The summed E-state index contributed by atoms with van der Waals surface area (Å²) in [5.41, 5.74) is 4.26. The Morgan fingerprint density at radius 2 is 2.08 bits per heavy atom. The minimum absolute atomic E-state index is 0.102. The average molecular weight is 372 g/mol. The molecule has 0 radical (unpaired) electrons. The van der Waals surface area contributed by atoms with Crippen LogP contribution in [0.2, 0.25) is 5.02 Å². The molecule has 2 aromatic rings. The number of nitro groups is 1. The van der Waals surface area contributed by atoms with E-state index in [4.69, 9.17) is 16.3 Å². The van der Waals surface area contributed by atoms with Gasteiger partial charge >= 0.3 is 0 Å². The highest BCUT2D eigenvalue weighted by atomic mass is 35.5. The second-order valence-corrected chi connectivity index (χ2v) is 5.96. The lowest BCUT2D eigenvalue weighted by atomic mass is 10.1. The van der Waals surface area contributed by atoms with E-state index in [1.54, 1.807) is 13.0 Å². The number of ether oxygens (including phenoxy) is 1. The number of hydrogen-bond acceptors (Lipinski definition) is 5. The molecule has 1 heterocycles. The second-order valence-electron chi connectivity index (χ2n) is 5.56. The highest BCUT2D eigenvalue weighted by Gasteiger charge is 2.20. The SMILES string of the molecule is CC1=NNC(=O)/C1=C/c1cc([N+](=O)[O-])ccc1OCc1ccccc1Cl. The maximum atomic E-state index is 11.9. The van der Waals surface area contributed by atoms with Crippen molar-refractivity contribution in [2.75, 3.05) is 0 Å². The van der Waals surface area contributed by atoms with Crippen molar-refractivity contribution in [3.8, 4) is 5.75 Å². The van der Waals surface area contributed by atoms with E-state index in [1.807, 2.05) is 18.2 Å². The topological polar surface area (TPSA) is 93.8 Å². The van der Waals surface area contributed by atoms with Crippen LogP contribution in [0, 0.1) is 10.1 Å². The Kier molecular flexibility index (Phi) is 4.99. The summed E-state index contributed by atoms with van der Waals surface area (Å²) in [7, 11) is 0. The molecule has 1 aliphatic heterocycles. The molecule has 0 aliphatic carbocycles. The van der Waals surface area contributed by atoms with Crippen molar-refractivity contribution in [1.29, 1.82) is 0 Å². The number of halogens is 1. The fraction of sp³-hybridized carbons (Fsp3) is 0.111. The Morgan fingerprint density at radius 1 is 1.31 bits per heavy atom. The van der Waals surface area contributed by atoms with Crippen LogP contribution in [0.15, 0.2) is 53.1 Å². The Hall–Kier alpha value is -3.19. The van der Waals surface area contributed by atoms with Crippen molar-refractivity contribution in [2.24, 2.45) is 5.10 Å². The van der Waals surface area contributed by atoms with E-state index in [1.165, 1.54) is 24.3 Å². The van der Waals surface area contributed by atoms with E-state index in [0.717, 1.165) is 5.56 Å². The van der Waals surface area contributed by atoms with Crippen LogP contribution in [0.5, 0.6) is 5.75 Å². The van der Waals surface area contributed by atoms with Gasteiger partial charge in [-0.1, -0.05) is 29.8 Å². The first-order valence-electron chi connectivity index (χ1n) is 7.67. The lowest BCUT2D eigenvalue weighted by Crippen LogP contribution is -2.12. The Balaban J connectivity index is 1.95. The molecule has 0 aromatic heterocycles. The third kappa shape index (κ3) is 3.73. The highest BCUT2D eigenvalue weighted by Crippen LogP contribution is 2.28. The molecule has 1 amide bonds. The number of hydrazone groups is 1. The first-order valence-corrected chi connectivity index (χ1v) is 8.05. The fourth-order valence-corrected chi connectivity index (χ4v) is 2.60. The lowest BCUT2D eigenvalue weighted by molar-refractivity contribution is -0.384. The molecule has 2 aromatic carbocycles. The van der Waals surface area contributed by atoms with E-state index in [2.05, 4.69) is 10.5 Å². The van der Waals surface area contributed by atoms with Crippen LogP contribution < -0.4 is 10.2 Å². The van der Waals surface area contributed by atoms with Crippen LogP contribution in [0.3, 0.4) is 0 Å². The largest absolute Gasteiger partial charge is 0.488 e. The zero-order chi connectivity index (χ0) is 18.7. The Morgan fingerprint density at radius 3 is 2.73 bits per heavy atom. The quantitative estimate of drug-likeness (QED) is 0.492. The van der Waals surface area contributed by atoms with Gasteiger partial charge in [-0.15, -0.1) is 0 Å². The summed E-state index contributed by atoms with van der Waals surface area (Å²) in [5, 5.41) is 15.5. The monoisotopic (exact) mass is 371 g/mol. The van der Waals surface area contributed by atoms with E-state index in [-0.39, 0.29) is 18.2 Å². The minimum atomic E-state index is -0.504. The lowest BCUT2D eigenvalue weighted by Gasteiger charge is -2.11. The second kappa shape index (κ2) is 7.37. The molecule has 0 bridgehead atoms. The fourth-order valence-electron chi connectivity index (χ4n) is 2.41. The molecule has 0 unspecified atom stereocenters. The Labute approximate surface area is 154 Å². The minimum Gasteiger partial charge on any atom is -0.488 e. The van der Waals surface area contributed by atoms with Crippen LogP contribution in [-0.4, -0.2) is 16.5 Å². The molecule has 3 rings (SSSR count). The molecule has 0 fully saturated rings. The number of rotatable bonds is 5. The zero-order valence-corrected chi connectivity index (χ0v) is 14.5. The van der Waals surface area contributed by atoms with Crippen LogP contribution in [-0.2, 0) is 11.4 Å². The number of nitrogens with one attached hydrogen (secondary N) is 1.